The van der Waals surface area contributed by atoms with Crippen LogP contribution < -0.4 is 0 Å². The van der Waals surface area contributed by atoms with Crippen LogP contribution in [0.2, 0.25) is 0 Å². The van der Waals surface area contributed by atoms with Crippen molar-refractivity contribution < 1.29 is 18.3 Å². The number of rotatable bonds is 8. The summed E-state index contributed by atoms with van der Waals surface area (Å²) in [5.41, 5.74) is 2.67. The standard InChI is InChI=1S/C20H24N4O4S/c1-4-5-19(20(25)26)23(3)29(27,28)16-8-6-15(7-9-16)13-24-14(2)22-17-12-21-11-10-18(17)24/h6-12,19H,4-5,13H2,1-3H3,(H,25,26). The van der Waals surface area contributed by atoms with Gasteiger partial charge in [-0.2, -0.15) is 4.31 Å². The second kappa shape index (κ2) is 8.30. The third-order valence-electron chi connectivity index (χ3n) is 4.97. The summed E-state index contributed by atoms with van der Waals surface area (Å²) in [5.74, 6) is -0.306. The predicted octanol–water partition coefficient (Wildman–Crippen LogP) is 2.66. The number of aromatic nitrogens is 3. The first-order chi connectivity index (χ1) is 13.8. The molecule has 1 atom stereocenters. The van der Waals surface area contributed by atoms with E-state index in [2.05, 4.69) is 9.97 Å². The number of aliphatic carboxylic acids is 1. The SMILES string of the molecule is CCCC(C(=O)O)N(C)S(=O)(=O)c1ccc(Cn2c(C)nc3cnccc32)cc1. The molecule has 9 heteroatoms. The van der Waals surface area contributed by atoms with Gasteiger partial charge in [-0.15, -0.1) is 0 Å². The predicted molar refractivity (Wildman–Crippen MR) is 109 cm³/mol. The zero-order valence-corrected chi connectivity index (χ0v) is 17.4. The number of benzene rings is 1. The van der Waals surface area contributed by atoms with Gasteiger partial charge in [-0.25, -0.2) is 13.4 Å². The van der Waals surface area contributed by atoms with Crippen molar-refractivity contribution in [1.29, 1.82) is 0 Å². The summed E-state index contributed by atoms with van der Waals surface area (Å²) in [6.45, 7) is 4.27. The van der Waals surface area contributed by atoms with Gasteiger partial charge in [0.15, 0.2) is 0 Å². The van der Waals surface area contributed by atoms with Crippen molar-refractivity contribution in [2.75, 3.05) is 7.05 Å². The molecule has 8 nitrogen and oxygen atoms in total. The monoisotopic (exact) mass is 416 g/mol. The Kier molecular flexibility index (Phi) is 5.99. The molecule has 0 radical (unpaired) electrons. The summed E-state index contributed by atoms with van der Waals surface area (Å²) in [5, 5.41) is 9.37. The van der Waals surface area contributed by atoms with Crippen LogP contribution in [0, 0.1) is 6.92 Å². The molecule has 2 aromatic heterocycles. The van der Waals surface area contributed by atoms with E-state index in [9.17, 15) is 18.3 Å². The Hall–Kier alpha value is -2.78. The fourth-order valence-corrected chi connectivity index (χ4v) is 4.66. The zero-order valence-electron chi connectivity index (χ0n) is 16.6. The van der Waals surface area contributed by atoms with Gasteiger partial charge in [-0.1, -0.05) is 25.5 Å². The van der Waals surface area contributed by atoms with Crippen LogP contribution in [0.5, 0.6) is 0 Å². The molecule has 0 spiro atoms. The van der Waals surface area contributed by atoms with E-state index in [0.717, 1.165) is 26.7 Å². The lowest BCUT2D eigenvalue weighted by Crippen LogP contribution is -2.42. The normalized spacial score (nSPS) is 13.1. The Morgan fingerprint density at radius 1 is 1.24 bits per heavy atom. The van der Waals surface area contributed by atoms with Gasteiger partial charge in [0.2, 0.25) is 10.0 Å². The summed E-state index contributed by atoms with van der Waals surface area (Å²) in [6, 6.07) is 7.32. The summed E-state index contributed by atoms with van der Waals surface area (Å²) in [6.07, 6.45) is 4.24. The van der Waals surface area contributed by atoms with Gasteiger partial charge in [0.05, 0.1) is 16.6 Å². The molecule has 0 aliphatic carbocycles. The molecule has 1 unspecified atom stereocenters. The minimum Gasteiger partial charge on any atom is -0.480 e. The number of carboxylic acid groups (broad SMARTS) is 1. The Morgan fingerprint density at radius 3 is 2.55 bits per heavy atom. The van der Waals surface area contributed by atoms with Crippen LogP contribution in [-0.4, -0.2) is 51.4 Å². The van der Waals surface area contributed by atoms with Crippen molar-refractivity contribution in [3.8, 4) is 0 Å². The van der Waals surface area contributed by atoms with Crippen molar-refractivity contribution >= 4 is 27.0 Å². The Bertz CT molecular complexity index is 1120. The first-order valence-corrected chi connectivity index (χ1v) is 10.8. The number of sulfonamides is 1. The van der Waals surface area contributed by atoms with Gasteiger partial charge in [-0.3, -0.25) is 9.78 Å². The third kappa shape index (κ3) is 4.15. The first kappa shape index (κ1) is 20.9. The topological polar surface area (TPSA) is 105 Å². The molecule has 1 aromatic carbocycles. The summed E-state index contributed by atoms with van der Waals surface area (Å²) in [4.78, 5) is 20.1. The van der Waals surface area contributed by atoms with Crippen LogP contribution in [0.4, 0.5) is 0 Å². The summed E-state index contributed by atoms with van der Waals surface area (Å²) >= 11 is 0. The number of likely N-dealkylation sites (N-methyl/N-ethyl adjacent to an activating group) is 1. The van der Waals surface area contributed by atoms with Crippen LogP contribution in [-0.2, 0) is 21.4 Å². The maximum atomic E-state index is 12.9. The number of carbonyl (C=O) groups is 1. The van der Waals surface area contributed by atoms with E-state index in [4.69, 9.17) is 0 Å². The Morgan fingerprint density at radius 2 is 1.93 bits per heavy atom. The quantitative estimate of drug-likeness (QED) is 0.605. The highest BCUT2D eigenvalue weighted by molar-refractivity contribution is 7.89. The van der Waals surface area contributed by atoms with E-state index >= 15 is 0 Å². The van der Waals surface area contributed by atoms with E-state index in [1.165, 1.54) is 19.2 Å². The fourth-order valence-electron chi connectivity index (χ4n) is 3.32. The number of imidazole rings is 1. The number of pyridine rings is 1. The molecule has 3 rings (SSSR count). The lowest BCUT2D eigenvalue weighted by Gasteiger charge is -2.24. The summed E-state index contributed by atoms with van der Waals surface area (Å²) < 4.78 is 28.7. The molecule has 0 fully saturated rings. The largest absolute Gasteiger partial charge is 0.480 e. The van der Waals surface area contributed by atoms with Crippen molar-refractivity contribution in [3.63, 3.8) is 0 Å². The highest BCUT2D eigenvalue weighted by Gasteiger charge is 2.32. The molecule has 29 heavy (non-hydrogen) atoms. The maximum absolute atomic E-state index is 12.9. The second-order valence-corrected chi connectivity index (χ2v) is 8.91. The number of hydrogen-bond donors (Lipinski definition) is 1. The number of fused-ring (bicyclic) bond motifs is 1. The van der Waals surface area contributed by atoms with Crippen LogP contribution in [0.15, 0.2) is 47.6 Å². The van der Waals surface area contributed by atoms with Crippen molar-refractivity contribution in [3.05, 3.63) is 54.1 Å². The molecule has 1 N–H and O–H groups in total. The summed E-state index contributed by atoms with van der Waals surface area (Å²) in [7, 11) is -2.59. The lowest BCUT2D eigenvalue weighted by atomic mass is 10.2. The van der Waals surface area contributed by atoms with Crippen LogP contribution in [0.3, 0.4) is 0 Å². The van der Waals surface area contributed by atoms with E-state index in [1.807, 2.05) is 24.5 Å². The number of hydrogen-bond acceptors (Lipinski definition) is 5. The highest BCUT2D eigenvalue weighted by Crippen LogP contribution is 2.21. The van der Waals surface area contributed by atoms with E-state index in [0.29, 0.717) is 13.0 Å². The van der Waals surface area contributed by atoms with Crippen molar-refractivity contribution in [1.82, 2.24) is 18.8 Å². The Labute approximate surface area is 169 Å². The van der Waals surface area contributed by atoms with Crippen LogP contribution in [0.1, 0.15) is 31.2 Å². The molecule has 0 saturated carbocycles. The third-order valence-corrected chi connectivity index (χ3v) is 6.85. The molecule has 0 saturated heterocycles. The van der Waals surface area contributed by atoms with Crippen molar-refractivity contribution in [2.24, 2.45) is 0 Å². The average Bonchev–Trinajstić information content (AvgIpc) is 3.01. The van der Waals surface area contributed by atoms with Gasteiger partial charge in [0.25, 0.3) is 0 Å². The number of carboxylic acids is 1. The van der Waals surface area contributed by atoms with E-state index < -0.39 is 22.0 Å². The van der Waals surface area contributed by atoms with Crippen LogP contribution in [0.25, 0.3) is 11.0 Å². The van der Waals surface area contributed by atoms with Gasteiger partial charge >= 0.3 is 5.97 Å². The maximum Gasteiger partial charge on any atom is 0.322 e. The molecule has 0 aliphatic heterocycles. The van der Waals surface area contributed by atoms with Gasteiger partial charge in [0, 0.05) is 19.8 Å². The Balaban J connectivity index is 1.85. The molecule has 154 valence electrons. The highest BCUT2D eigenvalue weighted by atomic mass is 32.2. The fraction of sp³-hybridized carbons (Fsp3) is 0.350. The van der Waals surface area contributed by atoms with Crippen molar-refractivity contribution in [2.45, 2.75) is 44.2 Å². The molecular weight excluding hydrogens is 392 g/mol. The minimum atomic E-state index is -3.90. The van der Waals surface area contributed by atoms with Crippen LogP contribution >= 0.6 is 0 Å². The number of aryl methyl sites for hydroxylation is 1. The molecule has 0 aliphatic rings. The zero-order chi connectivity index (χ0) is 21.2. The molecule has 0 amide bonds. The average molecular weight is 417 g/mol. The molecule has 2 heterocycles. The second-order valence-electron chi connectivity index (χ2n) is 6.92. The first-order valence-electron chi connectivity index (χ1n) is 9.32. The smallest absolute Gasteiger partial charge is 0.322 e. The molecule has 0 bridgehead atoms. The van der Waals surface area contributed by atoms with Gasteiger partial charge in [-0.05, 0) is 37.1 Å². The minimum absolute atomic E-state index is 0.0718. The number of nitrogens with zero attached hydrogens (tertiary/aromatic N) is 4. The van der Waals surface area contributed by atoms with E-state index in [-0.39, 0.29) is 11.3 Å². The molecule has 3 aromatic rings. The lowest BCUT2D eigenvalue weighted by molar-refractivity contribution is -0.141. The van der Waals surface area contributed by atoms with Gasteiger partial charge < -0.3 is 9.67 Å². The van der Waals surface area contributed by atoms with E-state index in [1.54, 1.807) is 24.5 Å². The van der Waals surface area contributed by atoms with Gasteiger partial charge in [0.1, 0.15) is 17.4 Å². The molecular formula is C20H24N4O4S.